The van der Waals surface area contributed by atoms with E-state index in [0.717, 1.165) is 16.7 Å². The lowest BCUT2D eigenvalue weighted by molar-refractivity contribution is -0.139. The molecule has 6 nitrogen and oxygen atoms in total. The van der Waals surface area contributed by atoms with Crippen LogP contribution in [-0.2, 0) is 14.3 Å². The quantitative estimate of drug-likeness (QED) is 0.800. The lowest BCUT2D eigenvalue weighted by Gasteiger charge is -2.27. The fourth-order valence-corrected chi connectivity index (χ4v) is 3.29. The lowest BCUT2D eigenvalue weighted by Crippen LogP contribution is -2.25. The van der Waals surface area contributed by atoms with Crippen molar-refractivity contribution in [1.29, 1.82) is 10.5 Å². The molecule has 1 heterocycles. The van der Waals surface area contributed by atoms with Crippen molar-refractivity contribution >= 4 is 5.97 Å². The van der Waals surface area contributed by atoms with Gasteiger partial charge in [-0.15, -0.1) is 0 Å². The number of benzene rings is 2. The highest BCUT2D eigenvalue weighted by Crippen LogP contribution is 2.40. The average Bonchev–Trinajstić information content (AvgIpc) is 2.73. The van der Waals surface area contributed by atoms with Gasteiger partial charge in [-0.25, -0.2) is 4.79 Å². The van der Waals surface area contributed by atoms with E-state index in [1.165, 1.54) is 0 Å². The van der Waals surface area contributed by atoms with Crippen molar-refractivity contribution < 1.29 is 14.3 Å². The molecule has 6 heteroatoms. The maximum absolute atomic E-state index is 12.5. The molecule has 0 aliphatic carbocycles. The third kappa shape index (κ3) is 3.83. The zero-order valence-corrected chi connectivity index (χ0v) is 16.1. The van der Waals surface area contributed by atoms with Crippen LogP contribution in [0.15, 0.2) is 71.3 Å². The minimum Gasteiger partial charge on any atom is -0.463 e. The van der Waals surface area contributed by atoms with Crippen LogP contribution in [0.3, 0.4) is 0 Å². The Kier molecular flexibility index (Phi) is 5.66. The topological polar surface area (TPSA) is 109 Å². The first-order valence-electron chi connectivity index (χ1n) is 9.06. The molecule has 2 aromatic rings. The minimum atomic E-state index is -0.664. The Balaban J connectivity index is 2.03. The van der Waals surface area contributed by atoms with Gasteiger partial charge in [0.15, 0.2) is 0 Å². The van der Waals surface area contributed by atoms with E-state index in [4.69, 9.17) is 20.5 Å². The Morgan fingerprint density at radius 3 is 2.17 bits per heavy atom. The number of allylic oxidation sites excluding steroid dienone is 2. The summed E-state index contributed by atoms with van der Waals surface area (Å²) >= 11 is 0. The van der Waals surface area contributed by atoms with Gasteiger partial charge in [0.25, 0.3) is 0 Å². The second-order valence-electron chi connectivity index (χ2n) is 6.43. The summed E-state index contributed by atoms with van der Waals surface area (Å²) < 4.78 is 10.6. The van der Waals surface area contributed by atoms with Crippen molar-refractivity contribution in [3.63, 3.8) is 0 Å². The Bertz CT molecular complexity index is 1080. The van der Waals surface area contributed by atoms with Crippen LogP contribution in [0.2, 0.25) is 0 Å². The number of ether oxygens (including phenoxy) is 2. The molecule has 0 saturated carbocycles. The minimum absolute atomic E-state index is 0.0146. The number of carbonyl (C=O) groups is 1. The monoisotopic (exact) mass is 385 g/mol. The number of nitrogens with two attached hydrogens (primary N) is 1. The zero-order chi connectivity index (χ0) is 21.0. The molecule has 1 atom stereocenters. The largest absolute Gasteiger partial charge is 0.463 e. The van der Waals surface area contributed by atoms with E-state index in [1.54, 1.807) is 26.0 Å². The van der Waals surface area contributed by atoms with E-state index in [1.807, 2.05) is 36.4 Å². The van der Waals surface area contributed by atoms with Crippen LogP contribution in [0.5, 0.6) is 0 Å². The molecule has 2 N–H and O–H groups in total. The van der Waals surface area contributed by atoms with Gasteiger partial charge in [-0.1, -0.05) is 36.4 Å². The lowest BCUT2D eigenvalue weighted by atomic mass is 9.82. The number of hydrogen-bond donors (Lipinski definition) is 1. The van der Waals surface area contributed by atoms with Crippen LogP contribution in [-0.4, -0.2) is 12.6 Å². The molecule has 0 aromatic heterocycles. The van der Waals surface area contributed by atoms with E-state index in [-0.39, 0.29) is 23.6 Å². The number of carbonyl (C=O) groups excluding carboxylic acids is 1. The molecule has 0 spiro atoms. The van der Waals surface area contributed by atoms with Gasteiger partial charge in [0.2, 0.25) is 5.88 Å². The highest BCUT2D eigenvalue weighted by molar-refractivity contribution is 5.92. The molecule has 1 aliphatic rings. The van der Waals surface area contributed by atoms with E-state index < -0.39 is 11.9 Å². The first-order chi connectivity index (χ1) is 14.0. The molecule has 2 aromatic carbocycles. The second kappa shape index (κ2) is 8.33. The number of esters is 1. The number of nitriles is 2. The molecular formula is C23H19N3O3. The van der Waals surface area contributed by atoms with Gasteiger partial charge < -0.3 is 15.2 Å². The molecular weight excluding hydrogens is 366 g/mol. The van der Waals surface area contributed by atoms with E-state index >= 15 is 0 Å². The van der Waals surface area contributed by atoms with Crippen molar-refractivity contribution in [2.75, 3.05) is 6.61 Å². The van der Waals surface area contributed by atoms with Gasteiger partial charge in [0.1, 0.15) is 17.4 Å². The Labute approximate surface area is 169 Å². The third-order valence-electron chi connectivity index (χ3n) is 4.69. The summed E-state index contributed by atoms with van der Waals surface area (Å²) in [5, 5.41) is 18.6. The Hall–Kier alpha value is -4.03. The SMILES string of the molecule is CCOC(=O)C1=C(C)OC(N)=C(C#N)C1c1ccc(-c2ccc(C#N)cc2)cc1. The fraction of sp³-hybridized carbons (Fsp3) is 0.174. The molecule has 144 valence electrons. The zero-order valence-electron chi connectivity index (χ0n) is 16.1. The van der Waals surface area contributed by atoms with Crippen molar-refractivity contribution in [2.45, 2.75) is 19.8 Å². The second-order valence-corrected chi connectivity index (χ2v) is 6.43. The normalized spacial score (nSPS) is 15.9. The predicted octanol–water partition coefficient (Wildman–Crippen LogP) is 3.87. The summed E-state index contributed by atoms with van der Waals surface area (Å²) in [5.41, 5.74) is 9.57. The maximum atomic E-state index is 12.5. The molecule has 0 radical (unpaired) electrons. The molecule has 0 amide bonds. The summed E-state index contributed by atoms with van der Waals surface area (Å²) in [6.45, 7) is 3.56. The first-order valence-corrected chi connectivity index (χ1v) is 9.06. The van der Waals surface area contributed by atoms with Crippen molar-refractivity contribution in [2.24, 2.45) is 5.73 Å². The first kappa shape index (κ1) is 19.7. The van der Waals surface area contributed by atoms with Gasteiger partial charge >= 0.3 is 5.97 Å². The summed E-state index contributed by atoms with van der Waals surface area (Å²) in [5.74, 6) is -0.894. The fourth-order valence-electron chi connectivity index (χ4n) is 3.29. The summed E-state index contributed by atoms with van der Waals surface area (Å²) in [6.07, 6.45) is 0. The maximum Gasteiger partial charge on any atom is 0.338 e. The molecule has 0 saturated heterocycles. The number of rotatable bonds is 4. The van der Waals surface area contributed by atoms with Crippen LogP contribution in [0.4, 0.5) is 0 Å². The predicted molar refractivity (Wildman–Crippen MR) is 107 cm³/mol. The summed E-state index contributed by atoms with van der Waals surface area (Å²) in [4.78, 5) is 12.5. The standard InChI is InChI=1S/C23H19N3O3/c1-3-28-23(27)20-14(2)29-22(26)19(13-25)21(20)18-10-8-17(9-11-18)16-6-4-15(12-24)5-7-16/h4-11,21H,3,26H2,1-2H3. The van der Waals surface area contributed by atoms with Crippen LogP contribution < -0.4 is 5.73 Å². The van der Waals surface area contributed by atoms with Crippen molar-refractivity contribution in [1.82, 2.24) is 0 Å². The molecule has 29 heavy (non-hydrogen) atoms. The highest BCUT2D eigenvalue weighted by atomic mass is 16.5. The Morgan fingerprint density at radius 1 is 1.07 bits per heavy atom. The van der Waals surface area contributed by atoms with Crippen LogP contribution in [0, 0.1) is 22.7 Å². The van der Waals surface area contributed by atoms with Crippen molar-refractivity contribution in [3.05, 3.63) is 82.4 Å². The van der Waals surface area contributed by atoms with Gasteiger partial charge in [0.05, 0.1) is 29.7 Å². The number of nitrogens with zero attached hydrogens (tertiary/aromatic N) is 2. The van der Waals surface area contributed by atoms with Crippen LogP contribution in [0.1, 0.15) is 30.9 Å². The molecule has 3 rings (SSSR count). The highest BCUT2D eigenvalue weighted by Gasteiger charge is 2.36. The van der Waals surface area contributed by atoms with Crippen molar-refractivity contribution in [3.8, 4) is 23.3 Å². The summed E-state index contributed by atoms with van der Waals surface area (Å²) in [6, 6.07) is 18.9. The molecule has 0 bridgehead atoms. The molecule has 0 fully saturated rings. The average molecular weight is 385 g/mol. The third-order valence-corrected chi connectivity index (χ3v) is 4.69. The Morgan fingerprint density at radius 2 is 1.66 bits per heavy atom. The van der Waals surface area contributed by atoms with Gasteiger partial charge in [0, 0.05) is 0 Å². The number of hydrogen-bond acceptors (Lipinski definition) is 6. The van der Waals surface area contributed by atoms with Gasteiger partial charge in [-0.3, -0.25) is 0 Å². The summed E-state index contributed by atoms with van der Waals surface area (Å²) in [7, 11) is 0. The van der Waals surface area contributed by atoms with E-state index in [0.29, 0.717) is 11.3 Å². The van der Waals surface area contributed by atoms with Crippen LogP contribution >= 0.6 is 0 Å². The molecule has 1 aliphatic heterocycles. The van der Waals surface area contributed by atoms with E-state index in [2.05, 4.69) is 12.1 Å². The van der Waals surface area contributed by atoms with Gasteiger partial charge in [-0.05, 0) is 42.7 Å². The van der Waals surface area contributed by atoms with E-state index in [9.17, 15) is 10.1 Å². The van der Waals surface area contributed by atoms with Gasteiger partial charge in [-0.2, -0.15) is 10.5 Å². The smallest absolute Gasteiger partial charge is 0.338 e. The molecule has 1 unspecified atom stereocenters. The van der Waals surface area contributed by atoms with Crippen LogP contribution in [0.25, 0.3) is 11.1 Å².